The van der Waals surface area contributed by atoms with Gasteiger partial charge in [-0.25, -0.2) is 0 Å². The van der Waals surface area contributed by atoms with Crippen molar-refractivity contribution in [2.45, 2.75) is 27.4 Å². The van der Waals surface area contributed by atoms with Crippen molar-refractivity contribution in [2.75, 3.05) is 7.11 Å². The molecular formula is C18H20O3. The minimum absolute atomic E-state index is 0.00889. The molecule has 0 aromatic heterocycles. The zero-order valence-electron chi connectivity index (χ0n) is 12.9. The summed E-state index contributed by atoms with van der Waals surface area (Å²) in [4.78, 5) is 11.4. The summed E-state index contributed by atoms with van der Waals surface area (Å²) >= 11 is 0. The van der Waals surface area contributed by atoms with Crippen LogP contribution in [0.15, 0.2) is 36.4 Å². The number of ketones is 1. The Morgan fingerprint density at radius 3 is 2.29 bits per heavy atom. The Morgan fingerprint density at radius 2 is 1.71 bits per heavy atom. The van der Waals surface area contributed by atoms with Gasteiger partial charge in [0.05, 0.1) is 7.11 Å². The second-order valence-corrected chi connectivity index (χ2v) is 5.08. The highest BCUT2D eigenvalue weighted by Crippen LogP contribution is 2.29. The third kappa shape index (κ3) is 3.43. The summed E-state index contributed by atoms with van der Waals surface area (Å²) in [6.07, 6.45) is 0. The zero-order valence-corrected chi connectivity index (χ0v) is 12.9. The lowest BCUT2D eigenvalue weighted by molar-refractivity contribution is 0.101. The van der Waals surface area contributed by atoms with E-state index in [0.29, 0.717) is 23.7 Å². The summed E-state index contributed by atoms with van der Waals surface area (Å²) in [5, 5.41) is 0. The van der Waals surface area contributed by atoms with Gasteiger partial charge in [-0.1, -0.05) is 18.2 Å². The van der Waals surface area contributed by atoms with Crippen molar-refractivity contribution in [2.24, 2.45) is 0 Å². The van der Waals surface area contributed by atoms with Crippen LogP contribution < -0.4 is 9.47 Å². The van der Waals surface area contributed by atoms with Gasteiger partial charge in [-0.15, -0.1) is 0 Å². The number of methoxy groups -OCH3 is 1. The van der Waals surface area contributed by atoms with E-state index in [-0.39, 0.29) is 5.78 Å². The number of ether oxygens (including phenoxy) is 2. The second kappa shape index (κ2) is 6.44. The van der Waals surface area contributed by atoms with E-state index in [2.05, 4.69) is 26.0 Å². The quantitative estimate of drug-likeness (QED) is 0.776. The smallest absolute Gasteiger partial charge is 0.161 e. The summed E-state index contributed by atoms with van der Waals surface area (Å²) in [7, 11) is 1.57. The standard InChI is InChI=1S/C18H20O3/c1-12-6-5-7-13(2)16(12)11-21-17-9-8-15(14(3)19)10-18(17)20-4/h5-10H,11H2,1-4H3. The highest BCUT2D eigenvalue weighted by molar-refractivity contribution is 5.94. The van der Waals surface area contributed by atoms with Gasteiger partial charge in [0.15, 0.2) is 17.3 Å². The number of hydrogen-bond donors (Lipinski definition) is 0. The molecule has 0 saturated carbocycles. The van der Waals surface area contributed by atoms with E-state index in [1.807, 2.05) is 6.07 Å². The van der Waals surface area contributed by atoms with Gasteiger partial charge in [0.2, 0.25) is 0 Å². The molecule has 2 aromatic rings. The first-order valence-electron chi connectivity index (χ1n) is 6.89. The Kier molecular flexibility index (Phi) is 4.63. The maximum atomic E-state index is 11.4. The van der Waals surface area contributed by atoms with E-state index in [0.717, 1.165) is 0 Å². The molecule has 0 amide bonds. The predicted molar refractivity (Wildman–Crippen MR) is 83.2 cm³/mol. The van der Waals surface area contributed by atoms with E-state index in [1.54, 1.807) is 25.3 Å². The summed E-state index contributed by atoms with van der Waals surface area (Å²) < 4.78 is 11.2. The first-order valence-corrected chi connectivity index (χ1v) is 6.89. The molecule has 0 heterocycles. The summed E-state index contributed by atoms with van der Waals surface area (Å²) in [6.45, 7) is 6.16. The minimum atomic E-state index is 0.00889. The van der Waals surface area contributed by atoms with Gasteiger partial charge in [-0.05, 0) is 55.7 Å². The van der Waals surface area contributed by atoms with E-state index < -0.39 is 0 Å². The zero-order chi connectivity index (χ0) is 15.4. The Labute approximate surface area is 125 Å². The van der Waals surface area contributed by atoms with Crippen LogP contribution in [0.5, 0.6) is 11.5 Å². The van der Waals surface area contributed by atoms with Gasteiger partial charge < -0.3 is 9.47 Å². The molecule has 3 heteroatoms. The van der Waals surface area contributed by atoms with Gasteiger partial charge in [0, 0.05) is 5.56 Å². The van der Waals surface area contributed by atoms with Crippen molar-refractivity contribution >= 4 is 5.78 Å². The molecule has 0 aliphatic rings. The Bertz CT molecular complexity index is 639. The lowest BCUT2D eigenvalue weighted by Crippen LogP contribution is -2.02. The van der Waals surface area contributed by atoms with Crippen LogP contribution in [0, 0.1) is 13.8 Å². The van der Waals surface area contributed by atoms with Crippen molar-refractivity contribution in [1.82, 2.24) is 0 Å². The van der Waals surface area contributed by atoms with Crippen molar-refractivity contribution in [3.63, 3.8) is 0 Å². The number of carbonyl (C=O) groups is 1. The average molecular weight is 284 g/mol. The van der Waals surface area contributed by atoms with E-state index >= 15 is 0 Å². The molecule has 3 nitrogen and oxygen atoms in total. The molecule has 0 N–H and O–H groups in total. The van der Waals surface area contributed by atoms with Crippen molar-refractivity contribution in [3.05, 3.63) is 58.7 Å². The van der Waals surface area contributed by atoms with E-state index in [1.165, 1.54) is 23.6 Å². The lowest BCUT2D eigenvalue weighted by Gasteiger charge is -2.14. The molecule has 110 valence electrons. The normalized spacial score (nSPS) is 10.3. The molecular weight excluding hydrogens is 264 g/mol. The molecule has 0 unspecified atom stereocenters. The number of benzene rings is 2. The van der Waals surface area contributed by atoms with Crippen LogP contribution in [0.3, 0.4) is 0 Å². The van der Waals surface area contributed by atoms with Crippen LogP contribution in [0.1, 0.15) is 34.0 Å². The fraction of sp³-hybridized carbons (Fsp3) is 0.278. The fourth-order valence-electron chi connectivity index (χ4n) is 2.23. The SMILES string of the molecule is COc1cc(C(C)=O)ccc1OCc1c(C)cccc1C. The third-order valence-corrected chi connectivity index (χ3v) is 3.59. The van der Waals surface area contributed by atoms with Crippen LogP contribution >= 0.6 is 0 Å². The number of aryl methyl sites for hydroxylation is 2. The minimum Gasteiger partial charge on any atom is -0.493 e. The highest BCUT2D eigenvalue weighted by atomic mass is 16.5. The third-order valence-electron chi connectivity index (χ3n) is 3.59. The first-order chi connectivity index (χ1) is 10.0. The first kappa shape index (κ1) is 15.1. The van der Waals surface area contributed by atoms with Gasteiger partial charge in [0.1, 0.15) is 6.61 Å². The molecule has 0 fully saturated rings. The lowest BCUT2D eigenvalue weighted by atomic mass is 10.0. The maximum Gasteiger partial charge on any atom is 0.161 e. The van der Waals surface area contributed by atoms with Gasteiger partial charge >= 0.3 is 0 Å². The molecule has 0 bridgehead atoms. The highest BCUT2D eigenvalue weighted by Gasteiger charge is 2.10. The van der Waals surface area contributed by atoms with Crippen LogP contribution in [0.25, 0.3) is 0 Å². The summed E-state index contributed by atoms with van der Waals surface area (Å²) in [6, 6.07) is 11.4. The Hall–Kier alpha value is -2.29. The average Bonchev–Trinajstić information content (AvgIpc) is 2.46. The van der Waals surface area contributed by atoms with Crippen LogP contribution in [0.2, 0.25) is 0 Å². The van der Waals surface area contributed by atoms with Crippen LogP contribution in [-0.2, 0) is 6.61 Å². The topological polar surface area (TPSA) is 35.5 Å². The van der Waals surface area contributed by atoms with Crippen LogP contribution in [-0.4, -0.2) is 12.9 Å². The number of carbonyl (C=O) groups excluding carboxylic acids is 1. The molecule has 2 rings (SSSR count). The number of rotatable bonds is 5. The van der Waals surface area contributed by atoms with Gasteiger partial charge in [-0.2, -0.15) is 0 Å². The Morgan fingerprint density at radius 1 is 1.05 bits per heavy atom. The Balaban J connectivity index is 2.22. The molecule has 0 spiro atoms. The van der Waals surface area contributed by atoms with E-state index in [9.17, 15) is 4.79 Å². The van der Waals surface area contributed by atoms with Crippen LogP contribution in [0.4, 0.5) is 0 Å². The number of hydrogen-bond acceptors (Lipinski definition) is 3. The maximum absolute atomic E-state index is 11.4. The molecule has 0 atom stereocenters. The summed E-state index contributed by atoms with van der Waals surface area (Å²) in [5.41, 5.74) is 4.20. The predicted octanol–water partition coefficient (Wildman–Crippen LogP) is 4.09. The van der Waals surface area contributed by atoms with Gasteiger partial charge in [-0.3, -0.25) is 4.79 Å². The molecule has 21 heavy (non-hydrogen) atoms. The van der Waals surface area contributed by atoms with Crippen molar-refractivity contribution in [1.29, 1.82) is 0 Å². The van der Waals surface area contributed by atoms with Crippen molar-refractivity contribution < 1.29 is 14.3 Å². The largest absolute Gasteiger partial charge is 0.493 e. The fourth-order valence-corrected chi connectivity index (χ4v) is 2.23. The molecule has 2 aromatic carbocycles. The monoisotopic (exact) mass is 284 g/mol. The number of Topliss-reactive ketones (excluding diaryl/α,β-unsaturated/α-hetero) is 1. The molecule has 0 aliphatic heterocycles. The molecule has 0 saturated heterocycles. The van der Waals surface area contributed by atoms with Gasteiger partial charge in [0.25, 0.3) is 0 Å². The van der Waals surface area contributed by atoms with E-state index in [4.69, 9.17) is 9.47 Å². The summed E-state index contributed by atoms with van der Waals surface area (Å²) in [5.74, 6) is 1.23. The second-order valence-electron chi connectivity index (χ2n) is 5.08. The molecule has 0 radical (unpaired) electrons. The molecule has 0 aliphatic carbocycles. The van der Waals surface area contributed by atoms with Crippen molar-refractivity contribution in [3.8, 4) is 11.5 Å².